The fourth-order valence-corrected chi connectivity index (χ4v) is 1.56. The van der Waals surface area contributed by atoms with Gasteiger partial charge in [-0.05, 0) is 28.1 Å². The van der Waals surface area contributed by atoms with Crippen LogP contribution in [0.3, 0.4) is 0 Å². The number of carbonyl (C=O) groups is 2. The Balaban J connectivity index is 2.42. The van der Waals surface area contributed by atoms with Crippen LogP contribution in [-0.4, -0.2) is 50.6 Å². The Kier molecular flexibility index (Phi) is 5.87. The number of carbonyl (C=O) groups excluding carboxylic acids is 2. The zero-order chi connectivity index (χ0) is 13.5. The summed E-state index contributed by atoms with van der Waals surface area (Å²) in [5.74, 6) is -0.398. The molecule has 0 unspecified atom stereocenters. The zero-order valence-corrected chi connectivity index (χ0v) is 11.8. The molecule has 0 bridgehead atoms. The average molecular weight is 319 g/mol. The second-order valence-corrected chi connectivity index (χ2v) is 4.39. The summed E-state index contributed by atoms with van der Waals surface area (Å²) in [6, 6.07) is 3.17. The molecule has 0 aliphatic heterocycles. The molecule has 2 amide bonds. The van der Waals surface area contributed by atoms with Crippen molar-refractivity contribution >= 4 is 27.7 Å². The number of halogens is 1. The third kappa shape index (κ3) is 4.50. The lowest BCUT2D eigenvalue weighted by molar-refractivity contribution is -0.121. The van der Waals surface area contributed by atoms with E-state index in [1.54, 1.807) is 19.2 Å². The third-order valence-electron chi connectivity index (χ3n) is 2.14. The number of hydrogen-bond acceptors (Lipinski definition) is 4. The van der Waals surface area contributed by atoms with Gasteiger partial charge in [-0.1, -0.05) is 0 Å². The molecule has 0 aromatic carbocycles. The normalized spacial score (nSPS) is 10.2. The number of rotatable bonds is 6. The predicted molar refractivity (Wildman–Crippen MR) is 68.3 cm³/mol. The molecule has 0 saturated heterocycles. The fraction of sp³-hybridized carbons (Fsp3) is 0.455. The van der Waals surface area contributed by atoms with Crippen molar-refractivity contribution in [1.29, 1.82) is 0 Å². The Hall–Kier alpha value is -1.34. The molecule has 0 spiro atoms. The van der Waals surface area contributed by atoms with Gasteiger partial charge in [-0.15, -0.1) is 0 Å². The number of nitrogens with one attached hydrogen (secondary N) is 1. The molecule has 1 aromatic heterocycles. The first-order chi connectivity index (χ1) is 8.54. The Morgan fingerprint density at radius 2 is 2.22 bits per heavy atom. The molecule has 1 aromatic rings. The van der Waals surface area contributed by atoms with Crippen LogP contribution in [0.15, 0.2) is 21.2 Å². The highest BCUT2D eigenvalue weighted by atomic mass is 79.9. The van der Waals surface area contributed by atoms with E-state index in [9.17, 15) is 9.59 Å². The van der Waals surface area contributed by atoms with Crippen LogP contribution in [0.25, 0.3) is 0 Å². The molecule has 100 valence electrons. The molecule has 1 N–H and O–H groups in total. The topological polar surface area (TPSA) is 71.8 Å². The van der Waals surface area contributed by atoms with Crippen LogP contribution in [0, 0.1) is 0 Å². The van der Waals surface area contributed by atoms with Gasteiger partial charge in [0.15, 0.2) is 10.4 Å². The van der Waals surface area contributed by atoms with Crippen molar-refractivity contribution in [2.75, 3.05) is 33.9 Å². The van der Waals surface area contributed by atoms with Gasteiger partial charge in [0.25, 0.3) is 5.91 Å². The number of furan rings is 1. The lowest BCUT2D eigenvalue weighted by atomic mass is 10.4. The van der Waals surface area contributed by atoms with Crippen LogP contribution < -0.4 is 5.32 Å². The van der Waals surface area contributed by atoms with Gasteiger partial charge >= 0.3 is 0 Å². The first-order valence-electron chi connectivity index (χ1n) is 5.31. The van der Waals surface area contributed by atoms with Crippen LogP contribution >= 0.6 is 15.9 Å². The van der Waals surface area contributed by atoms with Gasteiger partial charge in [-0.2, -0.15) is 0 Å². The number of likely N-dealkylation sites (N-methyl/N-ethyl adjacent to an activating group) is 1. The summed E-state index contributed by atoms with van der Waals surface area (Å²) in [7, 11) is 3.09. The highest BCUT2D eigenvalue weighted by molar-refractivity contribution is 9.10. The summed E-state index contributed by atoms with van der Waals surface area (Å²) >= 11 is 3.11. The summed E-state index contributed by atoms with van der Waals surface area (Å²) in [4.78, 5) is 24.6. The van der Waals surface area contributed by atoms with Crippen molar-refractivity contribution < 1.29 is 18.7 Å². The second-order valence-electron chi connectivity index (χ2n) is 3.61. The molecule has 1 heterocycles. The van der Waals surface area contributed by atoms with Crippen molar-refractivity contribution in [3.8, 4) is 0 Å². The molecule has 7 heteroatoms. The van der Waals surface area contributed by atoms with E-state index in [0.717, 1.165) is 0 Å². The van der Waals surface area contributed by atoms with Gasteiger partial charge in [0, 0.05) is 20.7 Å². The maximum Gasteiger partial charge on any atom is 0.289 e. The van der Waals surface area contributed by atoms with Gasteiger partial charge in [0.1, 0.15) is 0 Å². The SMILES string of the molecule is COCCNC(=O)CN(C)C(=O)c1ccc(Br)o1. The van der Waals surface area contributed by atoms with Crippen LogP contribution in [0.4, 0.5) is 0 Å². The van der Waals surface area contributed by atoms with Gasteiger partial charge < -0.3 is 19.4 Å². The molecule has 0 radical (unpaired) electrons. The van der Waals surface area contributed by atoms with Crippen molar-refractivity contribution in [2.24, 2.45) is 0 Å². The average Bonchev–Trinajstić information content (AvgIpc) is 2.75. The minimum Gasteiger partial charge on any atom is -0.444 e. The van der Waals surface area contributed by atoms with Crippen molar-refractivity contribution in [3.63, 3.8) is 0 Å². The summed E-state index contributed by atoms with van der Waals surface area (Å²) in [6.45, 7) is 0.832. The summed E-state index contributed by atoms with van der Waals surface area (Å²) in [5.41, 5.74) is 0. The number of ether oxygens (including phenoxy) is 1. The minimum atomic E-state index is -0.345. The molecule has 18 heavy (non-hydrogen) atoms. The number of hydrogen-bond donors (Lipinski definition) is 1. The number of amides is 2. The fourth-order valence-electron chi connectivity index (χ4n) is 1.25. The smallest absolute Gasteiger partial charge is 0.289 e. The summed E-state index contributed by atoms with van der Waals surface area (Å²) < 4.78 is 10.4. The maximum absolute atomic E-state index is 11.8. The second kappa shape index (κ2) is 7.17. The maximum atomic E-state index is 11.8. The van der Waals surface area contributed by atoms with E-state index in [-0.39, 0.29) is 24.1 Å². The largest absolute Gasteiger partial charge is 0.444 e. The van der Waals surface area contributed by atoms with E-state index in [2.05, 4.69) is 21.2 Å². The van der Waals surface area contributed by atoms with Crippen LogP contribution in [0.5, 0.6) is 0 Å². The predicted octanol–water partition coefficient (Wildman–Crippen LogP) is 0.877. The van der Waals surface area contributed by atoms with E-state index >= 15 is 0 Å². The highest BCUT2D eigenvalue weighted by Crippen LogP contribution is 2.15. The molecule has 0 fully saturated rings. The molecule has 6 nitrogen and oxygen atoms in total. The van der Waals surface area contributed by atoms with Gasteiger partial charge in [0.05, 0.1) is 13.2 Å². The molecule has 1 rings (SSSR count). The molecule has 0 aliphatic rings. The number of methoxy groups -OCH3 is 1. The first-order valence-corrected chi connectivity index (χ1v) is 6.10. The standard InChI is InChI=1S/C11H15BrN2O4/c1-14(7-10(15)13-5-6-17-2)11(16)8-3-4-9(12)18-8/h3-4H,5-7H2,1-2H3,(H,13,15). The van der Waals surface area contributed by atoms with Crippen molar-refractivity contribution in [3.05, 3.63) is 22.6 Å². The summed E-state index contributed by atoms with van der Waals surface area (Å²) in [6.07, 6.45) is 0. The lowest BCUT2D eigenvalue weighted by Gasteiger charge is -2.15. The zero-order valence-electron chi connectivity index (χ0n) is 10.2. The Bertz CT molecular complexity index is 419. The van der Waals surface area contributed by atoms with Gasteiger partial charge in [-0.3, -0.25) is 9.59 Å². The van der Waals surface area contributed by atoms with Gasteiger partial charge in [0.2, 0.25) is 5.91 Å². The quantitative estimate of drug-likeness (QED) is 0.790. The van der Waals surface area contributed by atoms with Gasteiger partial charge in [-0.25, -0.2) is 0 Å². The molecule has 0 saturated carbocycles. The monoisotopic (exact) mass is 318 g/mol. The minimum absolute atomic E-state index is 0.0269. The van der Waals surface area contributed by atoms with E-state index in [4.69, 9.17) is 9.15 Å². The molecule has 0 aliphatic carbocycles. The van der Waals surface area contributed by atoms with E-state index in [1.807, 2.05) is 0 Å². The molecular formula is C11H15BrN2O4. The van der Waals surface area contributed by atoms with Crippen molar-refractivity contribution in [2.45, 2.75) is 0 Å². The lowest BCUT2D eigenvalue weighted by Crippen LogP contribution is -2.39. The van der Waals surface area contributed by atoms with E-state index in [1.165, 1.54) is 11.9 Å². The Labute approximate surface area is 113 Å². The molecular weight excluding hydrogens is 304 g/mol. The van der Waals surface area contributed by atoms with Crippen molar-refractivity contribution in [1.82, 2.24) is 10.2 Å². The third-order valence-corrected chi connectivity index (χ3v) is 2.57. The summed E-state index contributed by atoms with van der Waals surface area (Å²) in [5, 5.41) is 2.63. The number of nitrogens with zero attached hydrogens (tertiary/aromatic N) is 1. The first kappa shape index (κ1) is 14.7. The van der Waals surface area contributed by atoms with E-state index in [0.29, 0.717) is 17.8 Å². The van der Waals surface area contributed by atoms with Crippen LogP contribution in [0.1, 0.15) is 10.6 Å². The highest BCUT2D eigenvalue weighted by Gasteiger charge is 2.17. The molecule has 0 atom stereocenters. The van der Waals surface area contributed by atoms with E-state index < -0.39 is 0 Å². The Morgan fingerprint density at radius 3 is 2.78 bits per heavy atom. The van der Waals surface area contributed by atoms with Crippen LogP contribution in [0.2, 0.25) is 0 Å². The Morgan fingerprint density at radius 1 is 1.50 bits per heavy atom. The van der Waals surface area contributed by atoms with Crippen LogP contribution in [-0.2, 0) is 9.53 Å².